The Kier molecular flexibility index (Phi) is 11.4. The highest BCUT2D eigenvalue weighted by Crippen LogP contribution is 2.48. The van der Waals surface area contributed by atoms with Crippen molar-refractivity contribution < 1.29 is 14.1 Å². The van der Waals surface area contributed by atoms with Gasteiger partial charge in [0, 0.05) is 19.2 Å². The highest BCUT2D eigenvalue weighted by atomic mass is 35.5. The number of aromatic nitrogens is 4. The fraction of sp³-hybridized carbons (Fsp3) is 0.429. The van der Waals surface area contributed by atoms with Crippen LogP contribution in [-0.2, 0) is 15.0 Å². The number of carbonyl (C=O) groups is 2. The minimum atomic E-state index is -0.559. The third-order valence-corrected chi connectivity index (χ3v) is 14.8. The molecule has 0 bridgehead atoms. The van der Waals surface area contributed by atoms with E-state index in [1.54, 1.807) is 22.3 Å². The van der Waals surface area contributed by atoms with Crippen LogP contribution >= 0.6 is 22.9 Å². The van der Waals surface area contributed by atoms with E-state index in [4.69, 9.17) is 16.1 Å². The third kappa shape index (κ3) is 7.57. The van der Waals surface area contributed by atoms with Crippen molar-refractivity contribution in [3.8, 4) is 16.1 Å². The van der Waals surface area contributed by atoms with E-state index in [1.807, 2.05) is 51.4 Å². The van der Waals surface area contributed by atoms with Crippen molar-refractivity contribution in [3.63, 3.8) is 0 Å². The van der Waals surface area contributed by atoms with Gasteiger partial charge in [0.2, 0.25) is 11.8 Å². The monoisotopic (exact) mass is 871 g/mol. The molecule has 322 valence electrons. The van der Waals surface area contributed by atoms with Crippen LogP contribution < -0.4 is 10.9 Å². The summed E-state index contributed by atoms with van der Waals surface area (Å²) in [5, 5.41) is 8.36. The molecule has 2 fully saturated rings. The van der Waals surface area contributed by atoms with Crippen LogP contribution in [-0.4, -0.2) is 73.5 Å². The number of amides is 2. The molecule has 2 amide bonds. The van der Waals surface area contributed by atoms with Crippen molar-refractivity contribution in [1.82, 2.24) is 34.8 Å². The number of rotatable bonds is 11. The molecule has 0 saturated carbocycles. The van der Waals surface area contributed by atoms with E-state index in [0.717, 1.165) is 89.7 Å². The first-order chi connectivity index (χ1) is 29.8. The fourth-order valence-corrected chi connectivity index (χ4v) is 11.4. The Bertz CT molecular complexity index is 2710. The molecule has 3 aromatic heterocycles. The average molecular weight is 873 g/mol. The molecular weight excluding hydrogens is 818 g/mol. The van der Waals surface area contributed by atoms with Gasteiger partial charge in [-0.05, 0) is 125 Å². The van der Waals surface area contributed by atoms with Gasteiger partial charge in [-0.3, -0.25) is 19.0 Å². The minimum absolute atomic E-state index is 0.0229. The number of piperidine rings is 1. The molecule has 3 unspecified atom stereocenters. The Balaban J connectivity index is 0.924. The molecule has 0 radical (unpaired) electrons. The van der Waals surface area contributed by atoms with Crippen LogP contribution in [0.2, 0.25) is 5.02 Å². The van der Waals surface area contributed by atoms with Crippen molar-refractivity contribution in [2.75, 3.05) is 26.2 Å². The summed E-state index contributed by atoms with van der Waals surface area (Å²) in [6.07, 6.45) is 4.08. The molecule has 11 nitrogen and oxygen atoms in total. The van der Waals surface area contributed by atoms with Crippen molar-refractivity contribution in [1.29, 1.82) is 0 Å². The number of nitrogens with zero attached hydrogens (tertiary/aromatic N) is 6. The maximum absolute atomic E-state index is 14.4. The van der Waals surface area contributed by atoms with Gasteiger partial charge in [0.25, 0.3) is 5.56 Å². The van der Waals surface area contributed by atoms with Crippen molar-refractivity contribution in [2.45, 2.75) is 103 Å². The molecule has 2 saturated heterocycles. The lowest BCUT2D eigenvalue weighted by atomic mass is 9.77. The Labute approximate surface area is 371 Å². The molecule has 13 heteroatoms. The smallest absolute Gasteiger partial charge is 0.282 e. The number of nitrogens with one attached hydrogen (secondary N) is 1. The summed E-state index contributed by atoms with van der Waals surface area (Å²) in [6.45, 7) is 15.4. The first-order valence-electron chi connectivity index (χ1n) is 21.9. The van der Waals surface area contributed by atoms with E-state index in [0.29, 0.717) is 35.1 Å². The number of thiazole rings is 1. The van der Waals surface area contributed by atoms with Crippen LogP contribution in [0.25, 0.3) is 27.0 Å². The maximum Gasteiger partial charge on any atom is 0.282 e. The largest absolute Gasteiger partial charge is 0.360 e. The van der Waals surface area contributed by atoms with Crippen LogP contribution in [0.5, 0.6) is 0 Å². The summed E-state index contributed by atoms with van der Waals surface area (Å²) in [5.41, 5.74) is 9.38. The van der Waals surface area contributed by atoms with Crippen LogP contribution in [0, 0.1) is 19.8 Å². The second-order valence-corrected chi connectivity index (χ2v) is 19.5. The number of carbonyl (C=O) groups excluding carboxylic acids is 2. The van der Waals surface area contributed by atoms with Gasteiger partial charge in [-0.1, -0.05) is 73.1 Å². The third-order valence-electron chi connectivity index (χ3n) is 13.5. The van der Waals surface area contributed by atoms with E-state index in [1.165, 1.54) is 11.1 Å². The normalized spacial score (nSPS) is 18.6. The van der Waals surface area contributed by atoms with Gasteiger partial charge < -0.3 is 19.6 Å². The van der Waals surface area contributed by atoms with Crippen molar-refractivity contribution in [3.05, 3.63) is 127 Å². The SMILES string of the molecule is Cc1cc(C(C(=O)N2CCCC2C(=O)NC(CCN2CCC(c3cccc4c3C(C)(C)c3nc(=O)c5c(Cl)cccc5n3-4)CC2)c2ccc(-c3scnc3C)cc2)C(C)C)on1. The van der Waals surface area contributed by atoms with Crippen LogP contribution in [0.15, 0.2) is 81.6 Å². The summed E-state index contributed by atoms with van der Waals surface area (Å²) >= 11 is 8.18. The molecule has 3 aliphatic rings. The second-order valence-electron chi connectivity index (χ2n) is 18.2. The summed E-state index contributed by atoms with van der Waals surface area (Å²) in [4.78, 5) is 56.3. The van der Waals surface area contributed by atoms with Crippen LogP contribution in [0.4, 0.5) is 0 Å². The Morgan fingerprint density at radius 1 is 1.00 bits per heavy atom. The quantitative estimate of drug-likeness (QED) is 0.137. The molecule has 0 aliphatic carbocycles. The molecule has 6 aromatic rings. The van der Waals surface area contributed by atoms with Gasteiger partial charge >= 0.3 is 0 Å². The first-order valence-corrected chi connectivity index (χ1v) is 23.2. The Hall–Kier alpha value is -5.17. The minimum Gasteiger partial charge on any atom is -0.360 e. The fourth-order valence-electron chi connectivity index (χ4n) is 10.3. The van der Waals surface area contributed by atoms with E-state index in [2.05, 4.69) is 86.2 Å². The van der Waals surface area contributed by atoms with Crippen LogP contribution in [0.1, 0.15) is 117 Å². The zero-order valence-electron chi connectivity index (χ0n) is 36.3. The number of halogens is 1. The number of aryl methyl sites for hydroxylation is 2. The molecule has 62 heavy (non-hydrogen) atoms. The number of hydrogen-bond donors (Lipinski definition) is 1. The molecule has 9 rings (SSSR count). The van der Waals surface area contributed by atoms with Crippen molar-refractivity contribution in [2.24, 2.45) is 5.92 Å². The topological polar surface area (TPSA) is 126 Å². The molecular formula is C49H54ClN7O4S. The van der Waals surface area contributed by atoms with Gasteiger partial charge in [-0.25, -0.2) is 4.98 Å². The summed E-state index contributed by atoms with van der Waals surface area (Å²) < 4.78 is 7.73. The van der Waals surface area contributed by atoms with Gasteiger partial charge in [0.05, 0.1) is 54.8 Å². The molecule has 3 atom stereocenters. The van der Waals surface area contributed by atoms with Gasteiger partial charge in [-0.15, -0.1) is 11.3 Å². The number of benzene rings is 3. The molecule has 3 aliphatic heterocycles. The highest BCUT2D eigenvalue weighted by molar-refractivity contribution is 7.13. The summed E-state index contributed by atoms with van der Waals surface area (Å²) in [6, 6.07) is 21.7. The number of fused-ring (bicyclic) bond motifs is 5. The lowest BCUT2D eigenvalue weighted by Crippen LogP contribution is -2.49. The molecule has 6 heterocycles. The first kappa shape index (κ1) is 42.1. The predicted octanol–water partition coefficient (Wildman–Crippen LogP) is 9.26. The zero-order chi connectivity index (χ0) is 43.4. The molecule has 3 aromatic carbocycles. The number of hydrogen-bond acceptors (Lipinski definition) is 9. The summed E-state index contributed by atoms with van der Waals surface area (Å²) in [5.74, 6) is 0.897. The number of likely N-dealkylation sites (tertiary alicyclic amines) is 2. The Morgan fingerprint density at radius 2 is 1.76 bits per heavy atom. The predicted molar refractivity (Wildman–Crippen MR) is 244 cm³/mol. The van der Waals surface area contributed by atoms with E-state index in [9.17, 15) is 14.4 Å². The summed E-state index contributed by atoms with van der Waals surface area (Å²) in [7, 11) is 0. The average Bonchev–Trinajstić information content (AvgIpc) is 4.07. The van der Waals surface area contributed by atoms with Crippen molar-refractivity contribution >= 4 is 45.7 Å². The molecule has 1 N–H and O–H groups in total. The lowest BCUT2D eigenvalue weighted by molar-refractivity contribution is -0.141. The van der Waals surface area contributed by atoms with Crippen LogP contribution in [0.3, 0.4) is 0 Å². The highest BCUT2D eigenvalue weighted by Gasteiger charge is 2.43. The maximum atomic E-state index is 14.4. The lowest BCUT2D eigenvalue weighted by Gasteiger charge is -2.35. The molecule has 0 spiro atoms. The van der Waals surface area contributed by atoms with Gasteiger partial charge in [0.15, 0.2) is 0 Å². The van der Waals surface area contributed by atoms with Gasteiger partial charge in [-0.2, -0.15) is 4.98 Å². The second kappa shape index (κ2) is 16.8. The Morgan fingerprint density at radius 3 is 2.45 bits per heavy atom. The van der Waals surface area contributed by atoms with Gasteiger partial charge in [0.1, 0.15) is 23.5 Å². The van der Waals surface area contributed by atoms with E-state index >= 15 is 0 Å². The zero-order valence-corrected chi connectivity index (χ0v) is 37.9. The van der Waals surface area contributed by atoms with E-state index in [-0.39, 0.29) is 29.3 Å². The van der Waals surface area contributed by atoms with E-state index < -0.39 is 17.4 Å². The standard InChI is InChI=1S/C49H54ClN7O4S/c1-28(2)41(40-26-29(3)54-61-40)47(60)56-22-9-14-39(56)45(58)52-36(32-15-17-33(18-16-32)44-30(4)51-27-62-44)21-25-55-23-19-31(20-24-55)34-10-7-13-38-43(34)49(5,6)48-53-46(59)42-35(50)11-8-12-37(42)57(38)48/h7-8,10-13,15-18,26-28,31,36,39,41H,9,14,19-25H2,1-6H3,(H,52,58).